The van der Waals surface area contributed by atoms with Crippen molar-refractivity contribution in [1.29, 1.82) is 0 Å². The predicted octanol–water partition coefficient (Wildman–Crippen LogP) is 3.46. The number of hydrogen-bond acceptors (Lipinski definition) is 6. The molecule has 42 heavy (non-hydrogen) atoms. The van der Waals surface area contributed by atoms with Gasteiger partial charge >= 0.3 is 0 Å². The van der Waals surface area contributed by atoms with Crippen LogP contribution < -0.4 is 14.4 Å². The lowest BCUT2D eigenvalue weighted by Crippen LogP contribution is -2.61. The van der Waals surface area contributed by atoms with Crippen LogP contribution in [0.2, 0.25) is 0 Å². The fourth-order valence-electron chi connectivity index (χ4n) is 8.02. The molecule has 0 aliphatic carbocycles. The topological polar surface area (TPSA) is 99.7 Å². The first kappa shape index (κ1) is 26.8. The summed E-state index contributed by atoms with van der Waals surface area (Å²) >= 11 is 0. The number of hydrogen-bond donors (Lipinski definition) is 0. The van der Waals surface area contributed by atoms with Gasteiger partial charge < -0.3 is 24.2 Å². The monoisotopic (exact) mass is 572 g/mol. The van der Waals surface area contributed by atoms with Gasteiger partial charge in [-0.2, -0.15) is 0 Å². The predicted molar refractivity (Wildman–Crippen MR) is 153 cm³/mol. The van der Waals surface area contributed by atoms with Gasteiger partial charge in [-0.1, -0.05) is 18.2 Å². The van der Waals surface area contributed by atoms with Crippen molar-refractivity contribution >= 4 is 29.3 Å². The summed E-state index contributed by atoms with van der Waals surface area (Å²) in [4.78, 5) is 61.1. The minimum Gasteiger partial charge on any atom is -0.493 e. The summed E-state index contributed by atoms with van der Waals surface area (Å²) in [6.45, 7) is 2.46. The Bertz CT molecular complexity index is 1470. The van der Waals surface area contributed by atoms with E-state index in [9.17, 15) is 19.2 Å². The number of rotatable bonds is 6. The van der Waals surface area contributed by atoms with Crippen molar-refractivity contribution in [3.8, 4) is 11.5 Å². The first-order valence-electron chi connectivity index (χ1n) is 15.0. The third-order valence-corrected chi connectivity index (χ3v) is 9.81. The van der Waals surface area contributed by atoms with Gasteiger partial charge in [0.25, 0.3) is 11.8 Å². The number of anilines is 1. The highest BCUT2D eigenvalue weighted by Gasteiger charge is 2.50. The molecule has 5 heterocycles. The molecule has 220 valence electrons. The van der Waals surface area contributed by atoms with Gasteiger partial charge in [-0.15, -0.1) is 0 Å². The fourth-order valence-corrected chi connectivity index (χ4v) is 8.02. The normalized spacial score (nSPS) is 26.0. The summed E-state index contributed by atoms with van der Waals surface area (Å²) in [6.07, 6.45) is 3.86. The molecule has 2 aromatic carbocycles. The van der Waals surface area contributed by atoms with Crippen LogP contribution >= 0.6 is 0 Å². The Hall–Kier alpha value is -4.08. The molecule has 10 nitrogen and oxygen atoms in total. The maximum atomic E-state index is 13.9. The molecule has 3 fully saturated rings. The summed E-state index contributed by atoms with van der Waals surface area (Å²) < 4.78 is 11.1. The second-order valence-electron chi connectivity index (χ2n) is 12.1. The molecule has 0 unspecified atom stereocenters. The minimum absolute atomic E-state index is 0.0938. The SMILES string of the molecule is COc1ccc2c(c1OC)C(=O)N1c3ccccc3C(=O)N(CCCC(=O)N3C[C@H]4C[C@@H](C3)[C@@H]3CCCC(=O)N3C4)[C@@H]21. The van der Waals surface area contributed by atoms with Gasteiger partial charge in [-0.25, -0.2) is 0 Å². The molecule has 3 saturated heterocycles. The van der Waals surface area contributed by atoms with Gasteiger partial charge in [0.1, 0.15) is 6.17 Å². The first-order chi connectivity index (χ1) is 20.4. The van der Waals surface area contributed by atoms with Crippen molar-refractivity contribution in [3.63, 3.8) is 0 Å². The van der Waals surface area contributed by atoms with Crippen molar-refractivity contribution in [3.05, 3.63) is 53.1 Å². The average Bonchev–Trinajstić information content (AvgIpc) is 3.30. The number of fused-ring (bicyclic) bond motifs is 9. The smallest absolute Gasteiger partial charge is 0.264 e. The van der Waals surface area contributed by atoms with Gasteiger partial charge in [0.05, 0.1) is 31.0 Å². The number of nitrogens with zero attached hydrogens (tertiary/aromatic N) is 4. The number of methoxy groups -OCH3 is 2. The maximum absolute atomic E-state index is 13.9. The van der Waals surface area contributed by atoms with E-state index in [0.717, 1.165) is 25.8 Å². The van der Waals surface area contributed by atoms with E-state index in [2.05, 4.69) is 4.90 Å². The third kappa shape index (κ3) is 4.06. The van der Waals surface area contributed by atoms with Crippen molar-refractivity contribution in [1.82, 2.24) is 14.7 Å². The molecule has 0 aromatic heterocycles. The van der Waals surface area contributed by atoms with Crippen LogP contribution in [0.1, 0.15) is 71.0 Å². The van der Waals surface area contributed by atoms with Gasteiger partial charge in [0.2, 0.25) is 11.8 Å². The van der Waals surface area contributed by atoms with E-state index in [1.165, 1.54) is 14.2 Å². The summed E-state index contributed by atoms with van der Waals surface area (Å²) in [5, 5.41) is 0. The van der Waals surface area contributed by atoms with Gasteiger partial charge in [0.15, 0.2) is 11.5 Å². The quantitative estimate of drug-likeness (QED) is 0.526. The molecule has 2 aromatic rings. The molecule has 0 N–H and O–H groups in total. The molecule has 5 aliphatic rings. The Balaban J connectivity index is 1.10. The number of benzene rings is 2. The standard InChI is InChI=1S/C32H36N4O6/c1-41-25-13-12-22-28(29(25)42-2)32(40)36-24-8-4-3-7-21(24)31(39)34(30(22)36)14-6-11-26(37)33-16-19-15-20(18-33)23-9-5-10-27(38)35(23)17-19/h3-4,7-8,12-13,19-20,23,30H,5-6,9-11,14-18H2,1-2H3/t19-,20+,23+,30-/m1/s1. The second kappa shape index (κ2) is 10.3. The van der Waals surface area contributed by atoms with Gasteiger partial charge in [0, 0.05) is 50.6 Å². The highest BCUT2D eigenvalue weighted by Crippen LogP contribution is 2.49. The molecule has 5 aliphatic heterocycles. The second-order valence-corrected chi connectivity index (χ2v) is 12.1. The van der Waals surface area contributed by atoms with E-state index in [-0.39, 0.29) is 29.7 Å². The average molecular weight is 573 g/mol. The van der Waals surface area contributed by atoms with Crippen LogP contribution in [-0.2, 0) is 9.59 Å². The minimum atomic E-state index is -0.631. The van der Waals surface area contributed by atoms with E-state index in [1.807, 2.05) is 17.0 Å². The number of carbonyl (C=O) groups excluding carboxylic acids is 4. The molecule has 4 atom stereocenters. The zero-order valence-corrected chi connectivity index (χ0v) is 24.1. The number of ether oxygens (including phenoxy) is 2. The van der Waals surface area contributed by atoms with Gasteiger partial charge in [-0.05, 0) is 55.7 Å². The molecule has 0 radical (unpaired) electrons. The molecular weight excluding hydrogens is 536 g/mol. The molecule has 10 heteroatoms. The van der Waals surface area contributed by atoms with Crippen LogP contribution in [0.25, 0.3) is 0 Å². The van der Waals surface area contributed by atoms with E-state index >= 15 is 0 Å². The Kier molecular flexibility index (Phi) is 6.59. The largest absolute Gasteiger partial charge is 0.493 e. The number of para-hydroxylation sites is 1. The Morgan fingerprint density at radius 2 is 1.81 bits per heavy atom. The van der Waals surface area contributed by atoms with Crippen LogP contribution in [0, 0.1) is 11.8 Å². The Labute approximate surface area is 245 Å². The summed E-state index contributed by atoms with van der Waals surface area (Å²) in [5.74, 6) is 1.42. The van der Waals surface area contributed by atoms with Crippen LogP contribution in [0.15, 0.2) is 36.4 Å². The van der Waals surface area contributed by atoms with Crippen molar-refractivity contribution in [2.45, 2.75) is 50.7 Å². The highest BCUT2D eigenvalue weighted by atomic mass is 16.5. The number of carbonyl (C=O) groups is 4. The summed E-state index contributed by atoms with van der Waals surface area (Å²) in [7, 11) is 3.03. The Morgan fingerprint density at radius 1 is 0.976 bits per heavy atom. The molecule has 7 rings (SSSR count). The van der Waals surface area contributed by atoms with Crippen LogP contribution in [0.4, 0.5) is 5.69 Å². The lowest BCUT2D eigenvalue weighted by molar-refractivity contribution is -0.148. The lowest BCUT2D eigenvalue weighted by Gasteiger charge is -2.52. The van der Waals surface area contributed by atoms with Crippen LogP contribution in [-0.4, -0.2) is 84.8 Å². The van der Waals surface area contributed by atoms with E-state index in [1.54, 1.807) is 34.1 Å². The zero-order chi connectivity index (χ0) is 29.1. The van der Waals surface area contributed by atoms with Crippen molar-refractivity contribution in [2.24, 2.45) is 11.8 Å². The van der Waals surface area contributed by atoms with Crippen LogP contribution in [0.3, 0.4) is 0 Å². The van der Waals surface area contributed by atoms with E-state index in [0.29, 0.717) is 84.6 Å². The summed E-state index contributed by atoms with van der Waals surface area (Å²) in [6, 6.07) is 11.0. The highest BCUT2D eigenvalue weighted by molar-refractivity contribution is 6.18. The number of likely N-dealkylation sites (tertiary alicyclic amines) is 1. The van der Waals surface area contributed by atoms with Crippen molar-refractivity contribution in [2.75, 3.05) is 45.3 Å². The lowest BCUT2D eigenvalue weighted by atomic mass is 9.76. The molecule has 0 saturated carbocycles. The molecule has 0 spiro atoms. The van der Waals surface area contributed by atoms with Crippen molar-refractivity contribution < 1.29 is 28.7 Å². The van der Waals surface area contributed by atoms with Crippen LogP contribution in [0.5, 0.6) is 11.5 Å². The molecule has 4 amide bonds. The first-order valence-corrected chi connectivity index (χ1v) is 15.0. The third-order valence-electron chi connectivity index (χ3n) is 9.81. The maximum Gasteiger partial charge on any atom is 0.264 e. The van der Waals surface area contributed by atoms with E-state index < -0.39 is 6.17 Å². The molecule has 2 bridgehead atoms. The fraction of sp³-hybridized carbons (Fsp3) is 0.500. The number of amides is 4. The van der Waals surface area contributed by atoms with E-state index in [4.69, 9.17) is 9.47 Å². The summed E-state index contributed by atoms with van der Waals surface area (Å²) in [5.41, 5.74) is 2.10. The zero-order valence-electron chi connectivity index (χ0n) is 24.1. The van der Waals surface area contributed by atoms with Gasteiger partial charge in [-0.3, -0.25) is 24.1 Å². The Morgan fingerprint density at radius 3 is 2.62 bits per heavy atom. The number of piperidine rings is 3. The molecular formula is C32H36N4O6.